The SMILES string of the molecule is CCc1csc(NC(=O)NCc2ccnc(OC)c2)n1. The van der Waals surface area contributed by atoms with Crippen LogP contribution in [0.2, 0.25) is 0 Å². The van der Waals surface area contributed by atoms with Gasteiger partial charge in [0.05, 0.1) is 12.8 Å². The van der Waals surface area contributed by atoms with E-state index in [1.807, 2.05) is 18.4 Å². The quantitative estimate of drug-likeness (QED) is 0.887. The number of thiazole rings is 1. The van der Waals surface area contributed by atoms with Crippen molar-refractivity contribution >= 4 is 22.5 Å². The number of rotatable bonds is 5. The van der Waals surface area contributed by atoms with Gasteiger partial charge < -0.3 is 10.1 Å². The second kappa shape index (κ2) is 6.85. The van der Waals surface area contributed by atoms with Gasteiger partial charge in [-0.1, -0.05) is 6.92 Å². The Morgan fingerprint density at radius 3 is 3.05 bits per heavy atom. The van der Waals surface area contributed by atoms with E-state index in [1.165, 1.54) is 11.3 Å². The van der Waals surface area contributed by atoms with Crippen LogP contribution in [0.25, 0.3) is 0 Å². The second-order valence-corrected chi connectivity index (χ2v) is 4.87. The predicted octanol–water partition coefficient (Wildman–Crippen LogP) is 2.43. The highest BCUT2D eigenvalue weighted by molar-refractivity contribution is 7.13. The molecule has 0 bridgehead atoms. The third-order valence-corrected chi connectivity index (χ3v) is 3.40. The molecule has 0 atom stereocenters. The molecule has 106 valence electrons. The van der Waals surface area contributed by atoms with Crippen molar-refractivity contribution in [2.75, 3.05) is 12.4 Å². The van der Waals surface area contributed by atoms with Crippen molar-refractivity contribution < 1.29 is 9.53 Å². The minimum absolute atomic E-state index is 0.280. The van der Waals surface area contributed by atoms with Crippen LogP contribution in [0.3, 0.4) is 0 Å². The van der Waals surface area contributed by atoms with Gasteiger partial charge in [-0.05, 0) is 18.1 Å². The summed E-state index contributed by atoms with van der Waals surface area (Å²) in [5.74, 6) is 0.525. The maximum absolute atomic E-state index is 11.7. The number of ether oxygens (including phenoxy) is 1. The van der Waals surface area contributed by atoms with Crippen LogP contribution in [0.4, 0.5) is 9.93 Å². The van der Waals surface area contributed by atoms with E-state index in [4.69, 9.17) is 4.74 Å². The molecule has 0 saturated heterocycles. The summed E-state index contributed by atoms with van der Waals surface area (Å²) in [7, 11) is 1.56. The smallest absolute Gasteiger partial charge is 0.321 e. The lowest BCUT2D eigenvalue weighted by Gasteiger charge is -2.06. The number of carbonyl (C=O) groups is 1. The van der Waals surface area contributed by atoms with Gasteiger partial charge in [-0.2, -0.15) is 0 Å². The van der Waals surface area contributed by atoms with Crippen LogP contribution in [0.5, 0.6) is 5.88 Å². The van der Waals surface area contributed by atoms with Gasteiger partial charge in [-0.15, -0.1) is 11.3 Å². The highest BCUT2D eigenvalue weighted by Gasteiger charge is 2.06. The van der Waals surface area contributed by atoms with Crippen LogP contribution in [0.1, 0.15) is 18.2 Å². The molecule has 2 aromatic heterocycles. The van der Waals surface area contributed by atoms with E-state index in [0.29, 0.717) is 17.6 Å². The molecule has 0 spiro atoms. The van der Waals surface area contributed by atoms with E-state index in [-0.39, 0.29) is 6.03 Å². The molecule has 0 aliphatic carbocycles. The average molecular weight is 292 g/mol. The highest BCUT2D eigenvalue weighted by Crippen LogP contribution is 2.15. The van der Waals surface area contributed by atoms with Gasteiger partial charge >= 0.3 is 6.03 Å². The van der Waals surface area contributed by atoms with Gasteiger partial charge in [0, 0.05) is 24.2 Å². The summed E-state index contributed by atoms with van der Waals surface area (Å²) in [5.41, 5.74) is 1.89. The fraction of sp³-hybridized carbons (Fsp3) is 0.308. The summed E-state index contributed by atoms with van der Waals surface area (Å²) < 4.78 is 5.02. The van der Waals surface area contributed by atoms with Crippen LogP contribution >= 0.6 is 11.3 Å². The van der Waals surface area contributed by atoms with Crippen molar-refractivity contribution in [2.45, 2.75) is 19.9 Å². The van der Waals surface area contributed by atoms with E-state index >= 15 is 0 Å². The summed E-state index contributed by atoms with van der Waals surface area (Å²) in [6.45, 7) is 2.42. The Labute approximate surface area is 121 Å². The van der Waals surface area contributed by atoms with E-state index in [1.54, 1.807) is 19.4 Å². The Hall–Kier alpha value is -2.15. The molecule has 0 aliphatic heterocycles. The fourth-order valence-corrected chi connectivity index (χ4v) is 2.31. The van der Waals surface area contributed by atoms with Crippen molar-refractivity contribution in [1.82, 2.24) is 15.3 Å². The first-order chi connectivity index (χ1) is 9.71. The third kappa shape index (κ3) is 3.92. The van der Waals surface area contributed by atoms with E-state index < -0.39 is 0 Å². The maximum atomic E-state index is 11.7. The molecular weight excluding hydrogens is 276 g/mol. The minimum atomic E-state index is -0.280. The number of urea groups is 1. The molecule has 0 aliphatic rings. The number of nitrogens with zero attached hydrogens (tertiary/aromatic N) is 2. The number of anilines is 1. The van der Waals surface area contributed by atoms with Gasteiger partial charge in [0.1, 0.15) is 0 Å². The Morgan fingerprint density at radius 1 is 1.50 bits per heavy atom. The number of hydrogen-bond donors (Lipinski definition) is 2. The Bertz CT molecular complexity index is 585. The molecule has 0 fully saturated rings. The van der Waals surface area contributed by atoms with Gasteiger partial charge in [0.2, 0.25) is 5.88 Å². The number of aryl methyl sites for hydroxylation is 1. The molecule has 2 N–H and O–H groups in total. The topological polar surface area (TPSA) is 76.1 Å². The molecule has 2 rings (SSSR count). The monoisotopic (exact) mass is 292 g/mol. The van der Waals surface area contributed by atoms with Crippen LogP contribution < -0.4 is 15.4 Å². The number of methoxy groups -OCH3 is 1. The number of nitrogens with one attached hydrogen (secondary N) is 2. The molecule has 7 heteroatoms. The van der Waals surface area contributed by atoms with Gasteiger partial charge in [-0.3, -0.25) is 5.32 Å². The van der Waals surface area contributed by atoms with Crippen LogP contribution in [0, 0.1) is 0 Å². The summed E-state index contributed by atoms with van der Waals surface area (Å²) >= 11 is 1.42. The zero-order valence-corrected chi connectivity index (χ0v) is 12.2. The van der Waals surface area contributed by atoms with Crippen LogP contribution in [0.15, 0.2) is 23.7 Å². The third-order valence-electron chi connectivity index (χ3n) is 2.60. The van der Waals surface area contributed by atoms with Gasteiger partial charge in [0.25, 0.3) is 0 Å². The number of carbonyl (C=O) groups excluding carboxylic acids is 1. The van der Waals surface area contributed by atoms with Crippen molar-refractivity contribution in [2.24, 2.45) is 0 Å². The van der Waals surface area contributed by atoms with E-state index in [0.717, 1.165) is 17.7 Å². The lowest BCUT2D eigenvalue weighted by Crippen LogP contribution is -2.28. The molecule has 0 aromatic carbocycles. The van der Waals surface area contributed by atoms with E-state index in [9.17, 15) is 4.79 Å². The lowest BCUT2D eigenvalue weighted by atomic mass is 10.2. The van der Waals surface area contributed by atoms with Crippen LogP contribution in [-0.4, -0.2) is 23.1 Å². The van der Waals surface area contributed by atoms with Crippen molar-refractivity contribution in [3.63, 3.8) is 0 Å². The number of amides is 2. The van der Waals surface area contributed by atoms with Crippen molar-refractivity contribution in [1.29, 1.82) is 0 Å². The van der Waals surface area contributed by atoms with Crippen LogP contribution in [-0.2, 0) is 13.0 Å². The van der Waals surface area contributed by atoms with E-state index in [2.05, 4.69) is 20.6 Å². The average Bonchev–Trinajstić information content (AvgIpc) is 2.93. The Balaban J connectivity index is 1.85. The normalized spacial score (nSPS) is 10.1. The molecule has 2 heterocycles. The fourth-order valence-electron chi connectivity index (χ4n) is 1.52. The zero-order chi connectivity index (χ0) is 14.4. The number of aromatic nitrogens is 2. The Kier molecular flexibility index (Phi) is 4.89. The largest absolute Gasteiger partial charge is 0.481 e. The minimum Gasteiger partial charge on any atom is -0.481 e. The molecule has 6 nitrogen and oxygen atoms in total. The van der Waals surface area contributed by atoms with Crippen molar-refractivity contribution in [3.8, 4) is 5.88 Å². The lowest BCUT2D eigenvalue weighted by molar-refractivity contribution is 0.251. The first-order valence-electron chi connectivity index (χ1n) is 6.19. The summed E-state index contributed by atoms with van der Waals surface area (Å²) in [6, 6.07) is 3.32. The second-order valence-electron chi connectivity index (χ2n) is 4.01. The zero-order valence-electron chi connectivity index (χ0n) is 11.3. The van der Waals surface area contributed by atoms with Gasteiger partial charge in [0.15, 0.2) is 5.13 Å². The summed E-state index contributed by atoms with van der Waals surface area (Å²) in [6.07, 6.45) is 2.50. The Morgan fingerprint density at radius 2 is 2.35 bits per heavy atom. The molecule has 0 radical (unpaired) electrons. The standard InChI is InChI=1S/C13H16N4O2S/c1-3-10-8-20-13(16-10)17-12(18)15-7-9-4-5-14-11(6-9)19-2/h4-6,8H,3,7H2,1-2H3,(H2,15,16,17,18). The summed E-state index contributed by atoms with van der Waals surface area (Å²) in [4.78, 5) is 20.0. The molecule has 2 amide bonds. The molecule has 0 unspecified atom stereocenters. The van der Waals surface area contributed by atoms with Gasteiger partial charge in [-0.25, -0.2) is 14.8 Å². The molecule has 0 saturated carbocycles. The molecule has 2 aromatic rings. The number of hydrogen-bond acceptors (Lipinski definition) is 5. The maximum Gasteiger partial charge on any atom is 0.321 e. The predicted molar refractivity (Wildman–Crippen MR) is 78.1 cm³/mol. The highest BCUT2D eigenvalue weighted by atomic mass is 32.1. The number of pyridine rings is 1. The summed E-state index contributed by atoms with van der Waals surface area (Å²) in [5, 5.41) is 8.00. The molecule has 20 heavy (non-hydrogen) atoms. The first kappa shape index (κ1) is 14.3. The first-order valence-corrected chi connectivity index (χ1v) is 7.07. The van der Waals surface area contributed by atoms with Crippen molar-refractivity contribution in [3.05, 3.63) is 35.0 Å². The molecular formula is C13H16N4O2S.